The Balaban J connectivity index is 1.20. The molecular formula is C21H26O4. The van der Waals surface area contributed by atoms with Gasteiger partial charge in [0.1, 0.15) is 0 Å². The molecule has 0 N–H and O–H groups in total. The highest BCUT2D eigenvalue weighted by atomic mass is 16.7. The van der Waals surface area contributed by atoms with Gasteiger partial charge in [0.25, 0.3) is 0 Å². The maximum atomic E-state index is 12.5. The maximum Gasteiger partial charge on any atom is 0.179 e. The number of rotatable bonds is 7. The fraction of sp³-hybridized carbons (Fsp3) is 0.571. The summed E-state index contributed by atoms with van der Waals surface area (Å²) in [6.45, 7) is 2.67. The number of allylic oxidation sites excluding steroid dienone is 2. The van der Waals surface area contributed by atoms with Gasteiger partial charge >= 0.3 is 0 Å². The van der Waals surface area contributed by atoms with Gasteiger partial charge in [0.05, 0.1) is 25.7 Å². The van der Waals surface area contributed by atoms with Crippen LogP contribution < -0.4 is 0 Å². The first-order valence-electron chi connectivity index (χ1n) is 9.42. The van der Waals surface area contributed by atoms with Gasteiger partial charge in [0.2, 0.25) is 0 Å². The molecule has 1 saturated carbocycles. The van der Waals surface area contributed by atoms with Gasteiger partial charge in [-0.15, -0.1) is 0 Å². The second-order valence-electron chi connectivity index (χ2n) is 7.25. The third kappa shape index (κ3) is 3.43. The van der Waals surface area contributed by atoms with Crippen molar-refractivity contribution >= 4 is 5.78 Å². The van der Waals surface area contributed by atoms with Crippen LogP contribution in [0.4, 0.5) is 0 Å². The van der Waals surface area contributed by atoms with Crippen molar-refractivity contribution in [1.29, 1.82) is 0 Å². The number of unbranched alkanes of at least 4 members (excludes halogenated alkanes) is 1. The predicted octanol–water partition coefficient (Wildman–Crippen LogP) is 3.65. The van der Waals surface area contributed by atoms with Crippen LogP contribution in [-0.2, 0) is 25.6 Å². The summed E-state index contributed by atoms with van der Waals surface area (Å²) in [6.07, 6.45) is 6.79. The third-order valence-corrected chi connectivity index (χ3v) is 5.68. The van der Waals surface area contributed by atoms with Gasteiger partial charge in [-0.1, -0.05) is 35.9 Å². The number of benzene rings is 1. The molecule has 2 aliphatic carbocycles. The number of hydrogen-bond donors (Lipinski definition) is 0. The van der Waals surface area contributed by atoms with Gasteiger partial charge in [-0.25, -0.2) is 0 Å². The first-order valence-corrected chi connectivity index (χ1v) is 9.42. The van der Waals surface area contributed by atoms with E-state index in [1.54, 1.807) is 0 Å². The SMILES string of the molecule is O=C1C=C(CCCCOCc2ccccc2)[C@H]2CCC3(OCCO3)[C@@H]12. The molecule has 0 amide bonds. The van der Waals surface area contributed by atoms with Crippen LogP contribution in [0.2, 0.25) is 0 Å². The van der Waals surface area contributed by atoms with Crippen molar-refractivity contribution in [3.05, 3.63) is 47.5 Å². The summed E-state index contributed by atoms with van der Waals surface area (Å²) in [5.74, 6) is -0.173. The molecule has 3 aliphatic rings. The summed E-state index contributed by atoms with van der Waals surface area (Å²) in [4.78, 5) is 12.5. The second kappa shape index (κ2) is 7.40. The van der Waals surface area contributed by atoms with Crippen LogP contribution in [-0.4, -0.2) is 31.4 Å². The molecule has 2 fully saturated rings. The molecule has 0 aromatic heterocycles. The molecule has 1 aromatic rings. The molecule has 25 heavy (non-hydrogen) atoms. The molecule has 1 spiro atoms. The van der Waals surface area contributed by atoms with Gasteiger partial charge in [-0.05, 0) is 43.2 Å². The van der Waals surface area contributed by atoms with E-state index in [0.29, 0.717) is 25.7 Å². The molecule has 0 unspecified atom stereocenters. The van der Waals surface area contributed by atoms with E-state index in [1.807, 2.05) is 24.3 Å². The zero-order chi connectivity index (χ0) is 17.1. The minimum Gasteiger partial charge on any atom is -0.377 e. The Kier molecular flexibility index (Phi) is 5.02. The van der Waals surface area contributed by atoms with Crippen LogP contribution >= 0.6 is 0 Å². The van der Waals surface area contributed by atoms with Crippen molar-refractivity contribution in [3.63, 3.8) is 0 Å². The van der Waals surface area contributed by atoms with E-state index in [1.165, 1.54) is 11.1 Å². The Hall–Kier alpha value is -1.49. The Labute approximate surface area is 149 Å². The average Bonchev–Trinajstić information content (AvgIpc) is 3.32. The monoisotopic (exact) mass is 342 g/mol. The van der Waals surface area contributed by atoms with Crippen molar-refractivity contribution < 1.29 is 19.0 Å². The Morgan fingerprint density at radius 3 is 2.72 bits per heavy atom. The number of carbonyl (C=O) groups excluding carboxylic acids is 1. The Morgan fingerprint density at radius 2 is 1.92 bits per heavy atom. The molecule has 1 aliphatic heterocycles. The summed E-state index contributed by atoms with van der Waals surface area (Å²) in [7, 11) is 0. The number of hydrogen-bond acceptors (Lipinski definition) is 4. The molecule has 0 bridgehead atoms. The van der Waals surface area contributed by atoms with Gasteiger partial charge in [0.15, 0.2) is 11.6 Å². The highest BCUT2D eigenvalue weighted by Crippen LogP contribution is 2.52. The van der Waals surface area contributed by atoms with Gasteiger partial charge in [-0.3, -0.25) is 4.79 Å². The number of fused-ring (bicyclic) bond motifs is 2. The van der Waals surface area contributed by atoms with E-state index >= 15 is 0 Å². The lowest BCUT2D eigenvalue weighted by atomic mass is 9.89. The van der Waals surface area contributed by atoms with Gasteiger partial charge in [0, 0.05) is 13.0 Å². The third-order valence-electron chi connectivity index (χ3n) is 5.68. The molecule has 0 radical (unpaired) electrons. The van der Waals surface area contributed by atoms with Crippen LogP contribution in [0, 0.1) is 11.8 Å². The smallest absolute Gasteiger partial charge is 0.179 e. The Bertz CT molecular complexity index is 631. The lowest BCUT2D eigenvalue weighted by Crippen LogP contribution is -2.39. The normalized spacial score (nSPS) is 27.0. The molecule has 1 heterocycles. The Morgan fingerprint density at radius 1 is 1.12 bits per heavy atom. The van der Waals surface area contributed by atoms with Crippen molar-refractivity contribution in [1.82, 2.24) is 0 Å². The van der Waals surface area contributed by atoms with E-state index < -0.39 is 5.79 Å². The summed E-state index contributed by atoms with van der Waals surface area (Å²) in [5.41, 5.74) is 2.51. The molecule has 4 rings (SSSR count). The van der Waals surface area contributed by atoms with Crippen LogP contribution in [0.3, 0.4) is 0 Å². The fourth-order valence-corrected chi connectivity index (χ4v) is 4.53. The summed E-state index contributed by atoms with van der Waals surface area (Å²) in [6, 6.07) is 10.2. The molecule has 1 aromatic carbocycles. The predicted molar refractivity (Wildman–Crippen MR) is 93.9 cm³/mol. The van der Waals surface area contributed by atoms with Crippen LogP contribution in [0.5, 0.6) is 0 Å². The minimum absolute atomic E-state index is 0.0978. The first-order chi connectivity index (χ1) is 12.3. The van der Waals surface area contributed by atoms with Crippen molar-refractivity contribution in [2.45, 2.75) is 44.5 Å². The molecule has 4 heteroatoms. The van der Waals surface area contributed by atoms with Gasteiger partial charge < -0.3 is 14.2 Å². The summed E-state index contributed by atoms with van der Waals surface area (Å²) in [5, 5.41) is 0. The topological polar surface area (TPSA) is 44.8 Å². The number of carbonyl (C=O) groups is 1. The van der Waals surface area contributed by atoms with E-state index in [2.05, 4.69) is 12.1 Å². The van der Waals surface area contributed by atoms with E-state index in [0.717, 1.165) is 38.7 Å². The first kappa shape index (κ1) is 17.0. The number of ketones is 1. The van der Waals surface area contributed by atoms with E-state index in [4.69, 9.17) is 14.2 Å². The van der Waals surface area contributed by atoms with Crippen LogP contribution in [0.15, 0.2) is 42.0 Å². The molecule has 1 saturated heterocycles. The molecular weight excluding hydrogens is 316 g/mol. The van der Waals surface area contributed by atoms with Gasteiger partial charge in [-0.2, -0.15) is 0 Å². The molecule has 2 atom stereocenters. The maximum absolute atomic E-state index is 12.5. The zero-order valence-corrected chi connectivity index (χ0v) is 14.6. The minimum atomic E-state index is -0.612. The van der Waals surface area contributed by atoms with Crippen molar-refractivity contribution in [2.24, 2.45) is 11.8 Å². The number of ether oxygens (including phenoxy) is 3. The largest absolute Gasteiger partial charge is 0.377 e. The summed E-state index contributed by atoms with van der Waals surface area (Å²) < 4.78 is 17.4. The highest BCUT2D eigenvalue weighted by Gasteiger charge is 2.58. The quantitative estimate of drug-likeness (QED) is 0.710. The second-order valence-corrected chi connectivity index (χ2v) is 7.25. The van der Waals surface area contributed by atoms with Crippen LogP contribution in [0.1, 0.15) is 37.7 Å². The molecule has 134 valence electrons. The van der Waals surface area contributed by atoms with E-state index in [-0.39, 0.29) is 11.7 Å². The fourth-order valence-electron chi connectivity index (χ4n) is 4.53. The van der Waals surface area contributed by atoms with Crippen molar-refractivity contribution in [3.8, 4) is 0 Å². The van der Waals surface area contributed by atoms with E-state index in [9.17, 15) is 4.79 Å². The lowest BCUT2D eigenvalue weighted by Gasteiger charge is -2.27. The summed E-state index contributed by atoms with van der Waals surface area (Å²) >= 11 is 0. The average molecular weight is 342 g/mol. The zero-order valence-electron chi connectivity index (χ0n) is 14.6. The highest BCUT2D eigenvalue weighted by molar-refractivity contribution is 5.96. The van der Waals surface area contributed by atoms with Crippen molar-refractivity contribution in [2.75, 3.05) is 19.8 Å². The standard InChI is InChI=1S/C21H26O4/c22-19-14-17(18-9-10-21(20(18)19)24-12-13-25-21)8-4-5-11-23-15-16-6-2-1-3-7-16/h1-3,6-7,14,18,20H,4-5,8-13,15H2/t18-,20-/m1/s1. The lowest BCUT2D eigenvalue weighted by molar-refractivity contribution is -0.184. The molecule has 4 nitrogen and oxygen atoms in total. The van der Waals surface area contributed by atoms with Crippen LogP contribution in [0.25, 0.3) is 0 Å².